The Balaban J connectivity index is 0.00000128. The van der Waals surface area contributed by atoms with Gasteiger partial charge in [-0.2, -0.15) is 0 Å². The molecule has 1 N–H and O–H groups in total. The van der Waals surface area contributed by atoms with Gasteiger partial charge in [0.05, 0.1) is 12.8 Å². The van der Waals surface area contributed by atoms with Gasteiger partial charge in [0, 0.05) is 18.0 Å². The van der Waals surface area contributed by atoms with Gasteiger partial charge in [0.15, 0.2) is 5.13 Å². The Kier molecular flexibility index (Phi) is 4.76. The van der Waals surface area contributed by atoms with Crippen LogP contribution in [0.25, 0.3) is 11.3 Å². The Morgan fingerprint density at radius 3 is 2.44 bits per heavy atom. The lowest BCUT2D eigenvalue weighted by atomic mass is 10.2. The zero-order valence-electron chi connectivity index (χ0n) is 9.06. The molecular formula is C11H13BrN2OS. The summed E-state index contributed by atoms with van der Waals surface area (Å²) in [6, 6.07) is 7.89. The molecule has 0 saturated heterocycles. The minimum absolute atomic E-state index is 0. The average molecular weight is 301 g/mol. The molecule has 1 aromatic carbocycles. The first kappa shape index (κ1) is 13.0. The van der Waals surface area contributed by atoms with Gasteiger partial charge in [0.2, 0.25) is 0 Å². The summed E-state index contributed by atoms with van der Waals surface area (Å²) >= 11 is 1.60. The van der Waals surface area contributed by atoms with Crippen molar-refractivity contribution in [3.63, 3.8) is 0 Å². The topological polar surface area (TPSA) is 34.2 Å². The van der Waals surface area contributed by atoms with E-state index < -0.39 is 0 Å². The van der Waals surface area contributed by atoms with Gasteiger partial charge >= 0.3 is 0 Å². The standard InChI is InChI=1S/C11H12N2OS.BrH/c1-12-11-13-10(7-15-11)8-3-5-9(14-2)6-4-8;/h3-7H,1-2H3,(H,12,13);1H. The summed E-state index contributed by atoms with van der Waals surface area (Å²) in [5.41, 5.74) is 2.10. The van der Waals surface area contributed by atoms with Crippen LogP contribution in [-0.4, -0.2) is 19.1 Å². The molecule has 2 aromatic rings. The SMILES string of the molecule is Br.CNc1nc(-c2ccc(OC)cc2)cs1. The summed E-state index contributed by atoms with van der Waals surface area (Å²) in [4.78, 5) is 4.42. The first-order valence-corrected chi connectivity index (χ1v) is 5.49. The number of nitrogens with one attached hydrogen (secondary N) is 1. The highest BCUT2D eigenvalue weighted by Gasteiger charge is 2.02. The van der Waals surface area contributed by atoms with E-state index in [1.165, 1.54) is 0 Å². The van der Waals surface area contributed by atoms with Crippen molar-refractivity contribution in [1.82, 2.24) is 4.98 Å². The van der Waals surface area contributed by atoms with E-state index in [2.05, 4.69) is 10.3 Å². The van der Waals surface area contributed by atoms with Gasteiger partial charge in [-0.25, -0.2) is 4.98 Å². The van der Waals surface area contributed by atoms with Gasteiger partial charge in [0.1, 0.15) is 5.75 Å². The number of anilines is 1. The van der Waals surface area contributed by atoms with Gasteiger partial charge in [-0.15, -0.1) is 28.3 Å². The molecular weight excluding hydrogens is 288 g/mol. The van der Waals surface area contributed by atoms with Gasteiger partial charge in [0.25, 0.3) is 0 Å². The van der Waals surface area contributed by atoms with Crippen molar-refractivity contribution in [1.29, 1.82) is 0 Å². The fourth-order valence-electron chi connectivity index (χ4n) is 1.28. The third-order valence-electron chi connectivity index (χ3n) is 2.10. The largest absolute Gasteiger partial charge is 0.497 e. The molecule has 0 bridgehead atoms. The molecule has 0 aliphatic rings. The highest BCUT2D eigenvalue weighted by molar-refractivity contribution is 8.93. The number of hydrogen-bond donors (Lipinski definition) is 1. The van der Waals surface area contributed by atoms with Gasteiger partial charge < -0.3 is 10.1 Å². The lowest BCUT2D eigenvalue weighted by Gasteiger charge is -2.00. The molecule has 2 rings (SSSR count). The maximum Gasteiger partial charge on any atom is 0.182 e. The average Bonchev–Trinajstić information content (AvgIpc) is 2.78. The zero-order chi connectivity index (χ0) is 10.7. The van der Waals surface area contributed by atoms with E-state index in [9.17, 15) is 0 Å². The predicted octanol–water partition coefficient (Wildman–Crippen LogP) is 3.44. The van der Waals surface area contributed by atoms with Crippen LogP contribution < -0.4 is 10.1 Å². The minimum atomic E-state index is 0. The molecule has 0 fully saturated rings. The lowest BCUT2D eigenvalue weighted by molar-refractivity contribution is 0.415. The molecule has 16 heavy (non-hydrogen) atoms. The highest BCUT2D eigenvalue weighted by atomic mass is 79.9. The van der Waals surface area contributed by atoms with E-state index in [1.807, 2.05) is 36.7 Å². The quantitative estimate of drug-likeness (QED) is 0.943. The number of benzene rings is 1. The third-order valence-corrected chi connectivity index (χ3v) is 2.96. The van der Waals surface area contributed by atoms with Crippen molar-refractivity contribution in [2.45, 2.75) is 0 Å². The lowest BCUT2D eigenvalue weighted by Crippen LogP contribution is -1.86. The Hall–Kier alpha value is -1.07. The number of rotatable bonds is 3. The van der Waals surface area contributed by atoms with E-state index >= 15 is 0 Å². The maximum absolute atomic E-state index is 5.10. The number of halogens is 1. The summed E-state index contributed by atoms with van der Waals surface area (Å²) in [5, 5.41) is 5.99. The first-order valence-electron chi connectivity index (χ1n) is 4.61. The van der Waals surface area contributed by atoms with Crippen LogP contribution in [0.2, 0.25) is 0 Å². The van der Waals surface area contributed by atoms with Crippen molar-refractivity contribution in [3.05, 3.63) is 29.6 Å². The van der Waals surface area contributed by atoms with Crippen LogP contribution in [0.5, 0.6) is 5.75 Å². The molecule has 3 nitrogen and oxygen atoms in total. The van der Waals surface area contributed by atoms with Crippen LogP contribution in [0.4, 0.5) is 5.13 Å². The Morgan fingerprint density at radius 2 is 1.94 bits per heavy atom. The van der Waals surface area contributed by atoms with Crippen molar-refractivity contribution in [3.8, 4) is 17.0 Å². The van der Waals surface area contributed by atoms with Crippen LogP contribution in [0.1, 0.15) is 0 Å². The number of methoxy groups -OCH3 is 1. The second-order valence-electron chi connectivity index (χ2n) is 3.02. The molecule has 5 heteroatoms. The van der Waals surface area contributed by atoms with Crippen LogP contribution in [-0.2, 0) is 0 Å². The number of ether oxygens (including phenoxy) is 1. The van der Waals surface area contributed by atoms with Crippen LogP contribution in [0, 0.1) is 0 Å². The number of hydrogen-bond acceptors (Lipinski definition) is 4. The van der Waals surface area contributed by atoms with Crippen molar-refractivity contribution in [2.75, 3.05) is 19.5 Å². The molecule has 0 aliphatic carbocycles. The maximum atomic E-state index is 5.10. The van der Waals surface area contributed by atoms with Crippen LogP contribution in [0.15, 0.2) is 29.6 Å². The Morgan fingerprint density at radius 1 is 1.25 bits per heavy atom. The summed E-state index contributed by atoms with van der Waals surface area (Å²) < 4.78 is 5.10. The first-order chi connectivity index (χ1) is 7.33. The molecule has 1 aromatic heterocycles. The monoisotopic (exact) mass is 300 g/mol. The molecule has 0 amide bonds. The highest BCUT2D eigenvalue weighted by Crippen LogP contribution is 2.25. The number of thiazole rings is 1. The molecule has 0 radical (unpaired) electrons. The van der Waals surface area contributed by atoms with E-state index in [4.69, 9.17) is 4.74 Å². The van der Waals surface area contributed by atoms with Crippen LogP contribution in [0.3, 0.4) is 0 Å². The number of nitrogens with zero attached hydrogens (tertiary/aromatic N) is 1. The van der Waals surface area contributed by atoms with Gasteiger partial charge in [-0.05, 0) is 24.3 Å². The number of aromatic nitrogens is 1. The molecule has 0 unspecified atom stereocenters. The molecule has 0 spiro atoms. The summed E-state index contributed by atoms with van der Waals surface area (Å²) in [5.74, 6) is 0.864. The van der Waals surface area contributed by atoms with E-state index in [1.54, 1.807) is 18.4 Å². The fraction of sp³-hybridized carbons (Fsp3) is 0.182. The molecule has 1 heterocycles. The second-order valence-corrected chi connectivity index (χ2v) is 3.87. The van der Waals surface area contributed by atoms with Gasteiger partial charge in [-0.1, -0.05) is 0 Å². The normalized spacial score (nSPS) is 9.38. The summed E-state index contributed by atoms with van der Waals surface area (Å²) in [7, 11) is 3.54. The van der Waals surface area contributed by atoms with Gasteiger partial charge in [-0.3, -0.25) is 0 Å². The molecule has 0 saturated carbocycles. The summed E-state index contributed by atoms with van der Waals surface area (Å²) in [6.45, 7) is 0. The van der Waals surface area contributed by atoms with Crippen molar-refractivity contribution < 1.29 is 4.74 Å². The van der Waals surface area contributed by atoms with E-state index in [-0.39, 0.29) is 17.0 Å². The third kappa shape index (κ3) is 2.74. The predicted molar refractivity (Wildman–Crippen MR) is 74.0 cm³/mol. The smallest absolute Gasteiger partial charge is 0.182 e. The molecule has 86 valence electrons. The summed E-state index contributed by atoms with van der Waals surface area (Å²) in [6.07, 6.45) is 0. The Bertz CT molecular complexity index is 442. The zero-order valence-corrected chi connectivity index (χ0v) is 11.6. The van der Waals surface area contributed by atoms with E-state index in [0.29, 0.717) is 0 Å². The van der Waals surface area contributed by atoms with Crippen molar-refractivity contribution >= 4 is 33.4 Å². The van der Waals surface area contributed by atoms with E-state index in [0.717, 1.165) is 22.1 Å². The second kappa shape index (κ2) is 5.86. The van der Waals surface area contributed by atoms with Crippen molar-refractivity contribution in [2.24, 2.45) is 0 Å². The molecule has 0 aliphatic heterocycles. The molecule has 0 atom stereocenters. The Labute approximate surface area is 109 Å². The van der Waals surface area contributed by atoms with Crippen LogP contribution >= 0.6 is 28.3 Å². The fourth-order valence-corrected chi connectivity index (χ4v) is 1.96. The minimum Gasteiger partial charge on any atom is -0.497 e.